The zero-order valence-corrected chi connectivity index (χ0v) is 13.6. The van der Waals surface area contributed by atoms with Gasteiger partial charge in [-0.15, -0.1) is 5.10 Å². The summed E-state index contributed by atoms with van der Waals surface area (Å²) >= 11 is 0. The van der Waals surface area contributed by atoms with Crippen molar-refractivity contribution < 1.29 is 0 Å². The Morgan fingerprint density at radius 1 is 0.913 bits per heavy atom. The lowest BCUT2D eigenvalue weighted by Gasteiger charge is -2.57. The molecular formula is C19H26N4. The molecule has 0 heterocycles. The second kappa shape index (κ2) is 5.66. The van der Waals surface area contributed by atoms with Crippen LogP contribution in [0, 0.1) is 23.2 Å². The molecule has 0 spiro atoms. The molecule has 4 heteroatoms. The summed E-state index contributed by atoms with van der Waals surface area (Å²) in [5, 5.41) is 8.38. The van der Waals surface area contributed by atoms with Crippen LogP contribution in [0.3, 0.4) is 0 Å². The van der Waals surface area contributed by atoms with Gasteiger partial charge < -0.3 is 11.5 Å². The standard InChI is InChI=1S/C19H26N4/c20-18(21)23-22-17(16-4-2-1-3-5-16)12-19-9-13-6-14(10-19)8-15(7-13)11-19/h1-5,13-15H,6-12H2,(H4,20,21,23)/b22-17-. The van der Waals surface area contributed by atoms with Crippen molar-refractivity contribution in [2.45, 2.75) is 44.9 Å². The predicted molar refractivity (Wildman–Crippen MR) is 94.0 cm³/mol. The molecule has 0 aliphatic heterocycles. The van der Waals surface area contributed by atoms with Crippen LogP contribution in [0.2, 0.25) is 0 Å². The third-order valence-electron chi connectivity index (χ3n) is 6.10. The summed E-state index contributed by atoms with van der Waals surface area (Å²) in [5.74, 6) is 2.87. The van der Waals surface area contributed by atoms with Crippen LogP contribution >= 0.6 is 0 Å². The molecule has 0 aromatic heterocycles. The van der Waals surface area contributed by atoms with Crippen LogP contribution < -0.4 is 11.5 Å². The van der Waals surface area contributed by atoms with E-state index >= 15 is 0 Å². The lowest BCUT2D eigenvalue weighted by molar-refractivity contribution is -0.0481. The number of hydrogen-bond donors (Lipinski definition) is 2. The van der Waals surface area contributed by atoms with Crippen LogP contribution in [-0.2, 0) is 0 Å². The summed E-state index contributed by atoms with van der Waals surface area (Å²) in [5.41, 5.74) is 13.6. The Balaban J connectivity index is 1.63. The second-order valence-corrected chi connectivity index (χ2v) is 8.03. The number of benzene rings is 1. The van der Waals surface area contributed by atoms with Gasteiger partial charge in [-0.3, -0.25) is 0 Å². The Kier molecular flexibility index (Phi) is 3.63. The minimum atomic E-state index is 0.0314. The zero-order chi connectivity index (χ0) is 15.9. The molecule has 4 aliphatic rings. The highest BCUT2D eigenvalue weighted by Gasteiger charge is 2.51. The molecule has 4 fully saturated rings. The fraction of sp³-hybridized carbons (Fsp3) is 0.579. The molecule has 4 saturated carbocycles. The molecule has 0 amide bonds. The van der Waals surface area contributed by atoms with Crippen molar-refractivity contribution in [2.75, 3.05) is 0 Å². The molecule has 1 aromatic carbocycles. The average molecular weight is 310 g/mol. The quantitative estimate of drug-likeness (QED) is 0.508. The van der Waals surface area contributed by atoms with Crippen molar-refractivity contribution in [1.29, 1.82) is 0 Å². The van der Waals surface area contributed by atoms with Gasteiger partial charge in [0.05, 0.1) is 5.71 Å². The van der Waals surface area contributed by atoms with Crippen molar-refractivity contribution in [1.82, 2.24) is 0 Å². The molecule has 0 saturated heterocycles. The van der Waals surface area contributed by atoms with Gasteiger partial charge in [0.25, 0.3) is 0 Å². The summed E-state index contributed by atoms with van der Waals surface area (Å²) in [6.45, 7) is 0. The molecular weight excluding hydrogens is 284 g/mol. The number of guanidine groups is 1. The highest BCUT2D eigenvalue weighted by Crippen LogP contribution is 2.61. The van der Waals surface area contributed by atoms with Crippen molar-refractivity contribution in [3.05, 3.63) is 35.9 Å². The van der Waals surface area contributed by atoms with Gasteiger partial charge in [-0.1, -0.05) is 30.3 Å². The first-order chi connectivity index (χ1) is 11.1. The van der Waals surface area contributed by atoms with E-state index in [2.05, 4.69) is 34.5 Å². The van der Waals surface area contributed by atoms with Gasteiger partial charge in [0.15, 0.2) is 0 Å². The van der Waals surface area contributed by atoms with Crippen LogP contribution in [0.25, 0.3) is 0 Å². The first kappa shape index (κ1) is 14.7. The summed E-state index contributed by atoms with van der Waals surface area (Å²) in [6.07, 6.45) is 9.50. The van der Waals surface area contributed by atoms with Crippen molar-refractivity contribution in [2.24, 2.45) is 44.8 Å². The molecule has 1 aromatic rings. The highest BCUT2D eigenvalue weighted by atomic mass is 15.3. The van der Waals surface area contributed by atoms with E-state index in [1.54, 1.807) is 0 Å². The Morgan fingerprint density at radius 2 is 1.48 bits per heavy atom. The first-order valence-corrected chi connectivity index (χ1v) is 8.83. The Bertz CT molecular complexity index is 593. The number of rotatable bonds is 4. The Labute approximate surface area is 138 Å². The Morgan fingerprint density at radius 3 is 2.00 bits per heavy atom. The fourth-order valence-corrected chi connectivity index (χ4v) is 5.81. The van der Waals surface area contributed by atoms with E-state index in [0.717, 1.165) is 35.4 Å². The smallest absolute Gasteiger partial charge is 0.211 e. The molecule has 4 bridgehead atoms. The van der Waals surface area contributed by atoms with Crippen LogP contribution in [0.4, 0.5) is 0 Å². The zero-order valence-electron chi connectivity index (χ0n) is 13.6. The van der Waals surface area contributed by atoms with E-state index in [-0.39, 0.29) is 5.96 Å². The second-order valence-electron chi connectivity index (χ2n) is 8.03. The first-order valence-electron chi connectivity index (χ1n) is 8.83. The van der Waals surface area contributed by atoms with Gasteiger partial charge in [0.1, 0.15) is 0 Å². The van der Waals surface area contributed by atoms with E-state index in [9.17, 15) is 0 Å². The molecule has 122 valence electrons. The summed E-state index contributed by atoms with van der Waals surface area (Å²) < 4.78 is 0. The van der Waals surface area contributed by atoms with Crippen LogP contribution in [0.1, 0.15) is 50.5 Å². The number of hydrogen-bond acceptors (Lipinski definition) is 2. The van der Waals surface area contributed by atoms with E-state index in [4.69, 9.17) is 11.5 Å². The van der Waals surface area contributed by atoms with Gasteiger partial charge >= 0.3 is 0 Å². The van der Waals surface area contributed by atoms with Gasteiger partial charge in [-0.2, -0.15) is 5.10 Å². The minimum absolute atomic E-state index is 0.0314. The SMILES string of the molecule is NC(N)=N/N=C(/CC12CC3CC(CC(C3)C1)C2)c1ccccc1. The third kappa shape index (κ3) is 2.99. The average Bonchev–Trinajstić information content (AvgIpc) is 2.51. The summed E-state index contributed by atoms with van der Waals surface area (Å²) in [4.78, 5) is 0. The maximum atomic E-state index is 5.50. The van der Waals surface area contributed by atoms with E-state index in [1.165, 1.54) is 38.5 Å². The van der Waals surface area contributed by atoms with Crippen molar-refractivity contribution >= 4 is 11.7 Å². The largest absolute Gasteiger partial charge is 0.369 e. The molecule has 0 unspecified atom stereocenters. The minimum Gasteiger partial charge on any atom is -0.369 e. The highest BCUT2D eigenvalue weighted by molar-refractivity contribution is 6.01. The lowest BCUT2D eigenvalue weighted by Crippen LogP contribution is -2.46. The lowest BCUT2D eigenvalue weighted by atomic mass is 9.48. The monoisotopic (exact) mass is 310 g/mol. The van der Waals surface area contributed by atoms with Crippen molar-refractivity contribution in [3.8, 4) is 0 Å². The topological polar surface area (TPSA) is 76.8 Å². The maximum absolute atomic E-state index is 5.50. The van der Waals surface area contributed by atoms with Gasteiger partial charge in [0, 0.05) is 0 Å². The van der Waals surface area contributed by atoms with E-state index in [0.29, 0.717) is 5.41 Å². The maximum Gasteiger partial charge on any atom is 0.211 e. The molecule has 0 atom stereocenters. The molecule has 4 N–H and O–H groups in total. The van der Waals surface area contributed by atoms with E-state index in [1.807, 2.05) is 6.07 Å². The van der Waals surface area contributed by atoms with Crippen LogP contribution in [0.15, 0.2) is 40.5 Å². The molecule has 5 rings (SSSR count). The molecule has 23 heavy (non-hydrogen) atoms. The van der Waals surface area contributed by atoms with Crippen LogP contribution in [0.5, 0.6) is 0 Å². The summed E-state index contributed by atoms with van der Waals surface area (Å²) in [6, 6.07) is 10.4. The third-order valence-corrected chi connectivity index (χ3v) is 6.10. The fourth-order valence-electron chi connectivity index (χ4n) is 5.81. The predicted octanol–water partition coefficient (Wildman–Crippen LogP) is 3.27. The normalized spacial score (nSPS) is 35.3. The van der Waals surface area contributed by atoms with Gasteiger partial charge in [-0.25, -0.2) is 0 Å². The van der Waals surface area contributed by atoms with Gasteiger partial charge in [0.2, 0.25) is 5.96 Å². The van der Waals surface area contributed by atoms with Crippen molar-refractivity contribution in [3.63, 3.8) is 0 Å². The number of nitrogens with zero attached hydrogens (tertiary/aromatic N) is 2. The molecule has 4 nitrogen and oxygen atoms in total. The summed E-state index contributed by atoms with van der Waals surface area (Å²) in [7, 11) is 0. The Hall–Kier alpha value is -1.84. The van der Waals surface area contributed by atoms with E-state index < -0.39 is 0 Å². The molecule has 0 radical (unpaired) electrons. The van der Waals surface area contributed by atoms with Gasteiger partial charge in [-0.05, 0) is 73.7 Å². The number of nitrogens with two attached hydrogens (primary N) is 2. The van der Waals surface area contributed by atoms with Crippen LogP contribution in [-0.4, -0.2) is 11.7 Å². The molecule has 4 aliphatic carbocycles.